The number of hydrogen-bond donors (Lipinski definition) is 1. The molecule has 0 aromatic rings. The first kappa shape index (κ1) is 49.9. The van der Waals surface area contributed by atoms with Gasteiger partial charge < -0.3 is 19.5 Å². The Morgan fingerprint density at radius 1 is 0.442 bits per heavy atom. The second kappa shape index (κ2) is 41.6. The summed E-state index contributed by atoms with van der Waals surface area (Å²) in [5.41, 5.74) is 0. The van der Waals surface area contributed by atoms with Gasteiger partial charge in [-0.2, -0.15) is 0 Å². The summed E-state index contributed by atoms with van der Waals surface area (Å²) in [7, 11) is 0. The van der Waals surface area contributed by atoms with E-state index in [0.29, 0.717) is 19.3 Å². The van der Waals surface area contributed by atoms with Gasteiger partial charge in [0.1, 0.15) is 13.2 Å². The fourth-order valence-electron chi connectivity index (χ4n) is 6.09. The van der Waals surface area contributed by atoms with Crippen LogP contribution in [0.5, 0.6) is 0 Å². The number of rotatable bonds is 40. The van der Waals surface area contributed by atoms with Crippen molar-refractivity contribution in [1.29, 1.82) is 0 Å². The second-order valence-corrected chi connectivity index (χ2v) is 14.6. The predicted octanol–water partition coefficient (Wildman–Crippen LogP) is 12.4. The van der Waals surface area contributed by atoms with Gasteiger partial charge in [0.05, 0.1) is 0 Å². The van der Waals surface area contributed by atoms with E-state index < -0.39 is 6.10 Å². The molecule has 0 saturated heterocycles. The van der Waals surface area contributed by atoms with Gasteiger partial charge in [0.15, 0.2) is 6.10 Å². The van der Waals surface area contributed by atoms with Crippen LogP contribution in [0.4, 0.5) is 0 Å². The highest BCUT2D eigenvalue weighted by atomic mass is 16.6. The van der Waals surface area contributed by atoms with Crippen molar-refractivity contribution in [1.82, 2.24) is 5.32 Å². The van der Waals surface area contributed by atoms with Crippen molar-refractivity contribution in [3.63, 3.8) is 0 Å². The number of ether oxygens (including phenoxy) is 3. The Kier molecular flexibility index (Phi) is 39.9. The van der Waals surface area contributed by atoms with Crippen LogP contribution in [0.1, 0.15) is 213 Å². The van der Waals surface area contributed by atoms with Crippen LogP contribution in [0.3, 0.4) is 0 Å². The highest BCUT2D eigenvalue weighted by Crippen LogP contribution is 2.13. The summed E-state index contributed by atoms with van der Waals surface area (Å²) in [5.74, 6) is -0.970. The maximum atomic E-state index is 12.6. The number of hydrogen-bond acceptors (Lipinski definition) is 7. The lowest BCUT2D eigenvalue weighted by Gasteiger charge is -2.18. The van der Waals surface area contributed by atoms with E-state index in [1.54, 1.807) is 0 Å². The largest absolute Gasteiger partial charge is 0.462 e. The molecule has 1 N–H and O–H groups in total. The Morgan fingerprint density at radius 2 is 0.788 bits per heavy atom. The summed E-state index contributed by atoms with van der Waals surface area (Å²) in [6.45, 7) is 7.94. The fraction of sp³-hybridized carbons (Fsp3) is 0.844. The zero-order valence-corrected chi connectivity index (χ0v) is 34.4. The molecule has 0 aromatic carbocycles. The molecule has 0 aliphatic rings. The average molecular weight is 734 g/mol. The topological polar surface area (TPSA) is 90.9 Å². The normalized spacial score (nSPS) is 12.1. The summed E-state index contributed by atoms with van der Waals surface area (Å²) >= 11 is 0. The number of unbranched alkanes of at least 4 members (excludes halogenated alkanes) is 22. The standard InChI is InChI=1S/C45H83NO6/c1-4-7-9-11-13-15-17-19-21-23-25-27-29-31-33-36-43(47)50-40-42(41-51-44(48)38-35-39-46-6-3)52-45(49)37-34-32-30-28-26-24-22-20-18-16-14-12-10-8-5-2/h19-22,42,46H,4-18,23-41H2,1-3H3/b21-19-,22-20-. The third-order valence-corrected chi connectivity index (χ3v) is 9.43. The molecule has 1 unspecified atom stereocenters. The molecule has 0 bridgehead atoms. The minimum atomic E-state index is -0.786. The number of carbonyl (C=O) groups is 3. The van der Waals surface area contributed by atoms with E-state index >= 15 is 0 Å². The van der Waals surface area contributed by atoms with Crippen molar-refractivity contribution >= 4 is 17.9 Å². The van der Waals surface area contributed by atoms with Gasteiger partial charge in [0.25, 0.3) is 0 Å². The van der Waals surface area contributed by atoms with E-state index in [2.05, 4.69) is 43.5 Å². The van der Waals surface area contributed by atoms with Crippen molar-refractivity contribution in [3.8, 4) is 0 Å². The predicted molar refractivity (Wildman–Crippen MR) is 218 cm³/mol. The zero-order chi connectivity index (χ0) is 38.0. The molecule has 0 heterocycles. The van der Waals surface area contributed by atoms with Gasteiger partial charge in [-0.15, -0.1) is 0 Å². The zero-order valence-electron chi connectivity index (χ0n) is 34.4. The average Bonchev–Trinajstić information content (AvgIpc) is 3.14. The van der Waals surface area contributed by atoms with Crippen LogP contribution in [0.25, 0.3) is 0 Å². The second-order valence-electron chi connectivity index (χ2n) is 14.6. The maximum absolute atomic E-state index is 12.6. The van der Waals surface area contributed by atoms with Crippen LogP contribution in [0.2, 0.25) is 0 Å². The lowest BCUT2D eigenvalue weighted by molar-refractivity contribution is -0.167. The molecule has 0 aromatic heterocycles. The first-order valence-corrected chi connectivity index (χ1v) is 22.0. The van der Waals surface area contributed by atoms with Gasteiger partial charge >= 0.3 is 17.9 Å². The fourth-order valence-corrected chi connectivity index (χ4v) is 6.09. The van der Waals surface area contributed by atoms with E-state index in [-0.39, 0.29) is 37.5 Å². The molecule has 52 heavy (non-hydrogen) atoms. The summed E-state index contributed by atoms with van der Waals surface area (Å²) in [4.78, 5) is 37.3. The highest BCUT2D eigenvalue weighted by Gasteiger charge is 2.19. The highest BCUT2D eigenvalue weighted by molar-refractivity contribution is 5.71. The Hall–Kier alpha value is -2.15. The molecule has 304 valence electrons. The number of allylic oxidation sites excluding steroid dienone is 4. The van der Waals surface area contributed by atoms with Crippen LogP contribution in [0.15, 0.2) is 24.3 Å². The Labute approximate surface area is 321 Å². The molecule has 0 spiro atoms. The van der Waals surface area contributed by atoms with Crippen LogP contribution >= 0.6 is 0 Å². The Morgan fingerprint density at radius 3 is 1.19 bits per heavy atom. The molecular weight excluding hydrogens is 650 g/mol. The quantitative estimate of drug-likeness (QED) is 0.0290. The van der Waals surface area contributed by atoms with Gasteiger partial charge in [-0.1, -0.05) is 148 Å². The summed E-state index contributed by atoms with van der Waals surface area (Å²) in [5, 5.41) is 3.19. The minimum absolute atomic E-state index is 0.0906. The molecular formula is C45H83NO6. The Bertz CT molecular complexity index is 857. The number of carbonyl (C=O) groups excluding carboxylic acids is 3. The van der Waals surface area contributed by atoms with Crippen molar-refractivity contribution in [2.75, 3.05) is 26.3 Å². The summed E-state index contributed by atoms with van der Waals surface area (Å²) in [6.07, 6.45) is 41.4. The molecule has 0 fully saturated rings. The van der Waals surface area contributed by atoms with Gasteiger partial charge in [0.2, 0.25) is 0 Å². The smallest absolute Gasteiger partial charge is 0.306 e. The first-order chi connectivity index (χ1) is 25.5. The van der Waals surface area contributed by atoms with Crippen LogP contribution < -0.4 is 5.32 Å². The van der Waals surface area contributed by atoms with E-state index in [1.165, 1.54) is 109 Å². The lowest BCUT2D eigenvalue weighted by Crippen LogP contribution is -2.31. The molecule has 1 atom stereocenters. The minimum Gasteiger partial charge on any atom is -0.462 e. The third-order valence-electron chi connectivity index (χ3n) is 9.43. The van der Waals surface area contributed by atoms with Crippen molar-refractivity contribution in [2.45, 2.75) is 219 Å². The van der Waals surface area contributed by atoms with E-state index in [1.807, 2.05) is 6.92 Å². The van der Waals surface area contributed by atoms with Gasteiger partial charge in [-0.3, -0.25) is 14.4 Å². The molecule has 0 saturated carbocycles. The van der Waals surface area contributed by atoms with E-state index in [9.17, 15) is 14.4 Å². The number of nitrogens with one attached hydrogen (secondary N) is 1. The molecule has 0 aliphatic heterocycles. The van der Waals surface area contributed by atoms with E-state index in [0.717, 1.165) is 70.9 Å². The molecule has 0 radical (unpaired) electrons. The van der Waals surface area contributed by atoms with Gasteiger partial charge in [-0.25, -0.2) is 0 Å². The van der Waals surface area contributed by atoms with Gasteiger partial charge in [0, 0.05) is 19.3 Å². The van der Waals surface area contributed by atoms with Crippen molar-refractivity contribution in [2.24, 2.45) is 0 Å². The Balaban J connectivity index is 4.20. The van der Waals surface area contributed by atoms with Crippen molar-refractivity contribution < 1.29 is 28.6 Å². The summed E-state index contributed by atoms with van der Waals surface area (Å²) in [6, 6.07) is 0. The first-order valence-electron chi connectivity index (χ1n) is 22.0. The van der Waals surface area contributed by atoms with Crippen molar-refractivity contribution in [3.05, 3.63) is 24.3 Å². The monoisotopic (exact) mass is 734 g/mol. The third kappa shape index (κ3) is 39.1. The maximum Gasteiger partial charge on any atom is 0.306 e. The SMILES string of the molecule is CCCCCCCC/C=C\CCCCCCCC(=O)OCC(COC(=O)CCCNCC)OC(=O)CCCCCCC/C=C\CCCCCCCC. The number of esters is 3. The van der Waals surface area contributed by atoms with Crippen LogP contribution in [-0.4, -0.2) is 50.3 Å². The molecule has 0 amide bonds. The van der Waals surface area contributed by atoms with E-state index in [4.69, 9.17) is 14.2 Å². The summed E-state index contributed by atoms with van der Waals surface area (Å²) < 4.78 is 16.5. The van der Waals surface area contributed by atoms with Crippen LogP contribution in [-0.2, 0) is 28.6 Å². The molecule has 0 rings (SSSR count). The molecule has 7 nitrogen and oxygen atoms in total. The molecule has 7 heteroatoms. The molecule has 0 aliphatic carbocycles. The van der Waals surface area contributed by atoms with Crippen LogP contribution in [0, 0.1) is 0 Å². The lowest BCUT2D eigenvalue weighted by atomic mass is 10.1. The van der Waals surface area contributed by atoms with Gasteiger partial charge in [-0.05, 0) is 83.7 Å².